The third-order valence-corrected chi connectivity index (χ3v) is 5.31. The van der Waals surface area contributed by atoms with Gasteiger partial charge in [-0.05, 0) is 24.6 Å². The largest absolute Gasteiger partial charge is 0.493 e. The van der Waals surface area contributed by atoms with Crippen LogP contribution in [0.15, 0.2) is 54.9 Å². The molecule has 3 aromatic rings. The van der Waals surface area contributed by atoms with Crippen molar-refractivity contribution in [1.29, 1.82) is 0 Å². The highest BCUT2D eigenvalue weighted by atomic mass is 35.5. The van der Waals surface area contributed by atoms with Crippen LogP contribution in [0.2, 0.25) is 10.0 Å². The molecule has 0 unspecified atom stereocenters. The molecule has 1 aromatic heterocycles. The smallest absolute Gasteiger partial charge is 0.204 e. The molecule has 0 aliphatic rings. The summed E-state index contributed by atoms with van der Waals surface area (Å²) in [5.41, 5.74) is 2.03. The maximum Gasteiger partial charge on any atom is 0.204 e. The summed E-state index contributed by atoms with van der Waals surface area (Å²) < 4.78 is 17.3. The molecular formula is C24H23Cl2NO4. The number of benzene rings is 2. The lowest BCUT2D eigenvalue weighted by Gasteiger charge is -2.18. The lowest BCUT2D eigenvalue weighted by Crippen LogP contribution is -2.12. The van der Waals surface area contributed by atoms with Crippen LogP contribution in [0.4, 0.5) is 0 Å². The van der Waals surface area contributed by atoms with Gasteiger partial charge in [-0.2, -0.15) is 0 Å². The van der Waals surface area contributed by atoms with Crippen molar-refractivity contribution in [2.75, 3.05) is 20.3 Å². The van der Waals surface area contributed by atoms with Crippen molar-refractivity contribution in [2.24, 2.45) is 0 Å². The van der Waals surface area contributed by atoms with Gasteiger partial charge in [-0.15, -0.1) is 0 Å². The van der Waals surface area contributed by atoms with E-state index in [0.717, 1.165) is 5.56 Å². The van der Waals surface area contributed by atoms with E-state index in [1.807, 2.05) is 37.3 Å². The van der Waals surface area contributed by atoms with Gasteiger partial charge < -0.3 is 14.2 Å². The van der Waals surface area contributed by atoms with E-state index in [9.17, 15) is 4.79 Å². The second-order valence-electron chi connectivity index (χ2n) is 6.67. The number of rotatable bonds is 10. The predicted octanol–water partition coefficient (Wildman–Crippen LogP) is 5.84. The van der Waals surface area contributed by atoms with Crippen LogP contribution in [0.25, 0.3) is 0 Å². The molecule has 0 atom stereocenters. The van der Waals surface area contributed by atoms with E-state index in [-0.39, 0.29) is 12.2 Å². The molecular weight excluding hydrogens is 437 g/mol. The minimum absolute atomic E-state index is 0.00707. The highest BCUT2D eigenvalue weighted by Crippen LogP contribution is 2.41. The molecule has 0 saturated heterocycles. The van der Waals surface area contributed by atoms with E-state index in [0.29, 0.717) is 58.1 Å². The molecule has 7 heteroatoms. The number of hydrogen-bond acceptors (Lipinski definition) is 5. The molecule has 0 radical (unpaired) electrons. The Morgan fingerprint density at radius 2 is 1.68 bits per heavy atom. The lowest BCUT2D eigenvalue weighted by atomic mass is 10.0. The Balaban J connectivity index is 1.92. The molecule has 0 saturated carbocycles. The van der Waals surface area contributed by atoms with Crippen LogP contribution in [-0.4, -0.2) is 31.1 Å². The van der Waals surface area contributed by atoms with Gasteiger partial charge in [0, 0.05) is 30.8 Å². The zero-order chi connectivity index (χ0) is 22.2. The first-order valence-corrected chi connectivity index (χ1v) is 10.6. The Hall–Kier alpha value is -2.76. The van der Waals surface area contributed by atoms with Crippen LogP contribution < -0.4 is 14.2 Å². The van der Waals surface area contributed by atoms with Gasteiger partial charge in [0.1, 0.15) is 0 Å². The Morgan fingerprint density at radius 3 is 2.32 bits per heavy atom. The summed E-state index contributed by atoms with van der Waals surface area (Å²) in [6.45, 7) is 2.62. The molecule has 1 heterocycles. The molecule has 31 heavy (non-hydrogen) atoms. The van der Waals surface area contributed by atoms with Crippen LogP contribution in [0.3, 0.4) is 0 Å². The summed E-state index contributed by atoms with van der Waals surface area (Å²) in [6.07, 6.45) is 3.62. The molecule has 3 rings (SSSR count). The molecule has 0 aliphatic heterocycles. The minimum atomic E-state index is -0.201. The summed E-state index contributed by atoms with van der Waals surface area (Å²) in [7, 11) is 1.55. The van der Waals surface area contributed by atoms with Crippen molar-refractivity contribution >= 4 is 29.0 Å². The molecule has 2 aromatic carbocycles. The maximum absolute atomic E-state index is 13.2. The van der Waals surface area contributed by atoms with Crippen LogP contribution in [0.1, 0.15) is 28.4 Å². The monoisotopic (exact) mass is 459 g/mol. The SMILES string of the molecule is CCOc1c(OC)ccc(C(=O)Cc2c(Cl)cncc2Cl)c1OCCc1ccccc1. The number of carbonyl (C=O) groups excluding carboxylic acids is 1. The highest BCUT2D eigenvalue weighted by molar-refractivity contribution is 6.36. The zero-order valence-corrected chi connectivity index (χ0v) is 18.9. The Kier molecular flexibility index (Phi) is 8.15. The number of carbonyl (C=O) groups is 1. The molecule has 0 amide bonds. The number of halogens is 2. The van der Waals surface area contributed by atoms with Crippen LogP contribution in [0, 0.1) is 0 Å². The van der Waals surface area contributed by atoms with Crippen LogP contribution >= 0.6 is 23.2 Å². The fraction of sp³-hybridized carbons (Fsp3) is 0.250. The summed E-state index contributed by atoms with van der Waals surface area (Å²) in [6, 6.07) is 13.3. The van der Waals surface area contributed by atoms with Crippen molar-refractivity contribution < 1.29 is 19.0 Å². The average Bonchev–Trinajstić information content (AvgIpc) is 2.78. The third kappa shape index (κ3) is 5.69. The third-order valence-electron chi connectivity index (χ3n) is 4.65. The van der Waals surface area contributed by atoms with Crippen LogP contribution in [-0.2, 0) is 12.8 Å². The van der Waals surface area contributed by atoms with E-state index < -0.39 is 0 Å². The summed E-state index contributed by atoms with van der Waals surface area (Å²) in [5, 5.41) is 0.678. The second kappa shape index (κ2) is 11.0. The number of aromatic nitrogens is 1. The number of ketones is 1. The fourth-order valence-electron chi connectivity index (χ4n) is 3.13. The quantitative estimate of drug-likeness (QED) is 0.356. The van der Waals surface area contributed by atoms with E-state index in [1.165, 1.54) is 12.4 Å². The predicted molar refractivity (Wildman–Crippen MR) is 122 cm³/mol. The van der Waals surface area contributed by atoms with Gasteiger partial charge in [0.05, 0.1) is 35.9 Å². The average molecular weight is 460 g/mol. The van der Waals surface area contributed by atoms with Gasteiger partial charge in [0.15, 0.2) is 17.3 Å². The molecule has 0 spiro atoms. The van der Waals surface area contributed by atoms with E-state index in [4.69, 9.17) is 37.4 Å². The van der Waals surface area contributed by atoms with E-state index >= 15 is 0 Å². The summed E-state index contributed by atoms with van der Waals surface area (Å²) >= 11 is 12.4. The van der Waals surface area contributed by atoms with Gasteiger partial charge in [0.2, 0.25) is 5.75 Å². The first kappa shape index (κ1) is 22.9. The van der Waals surface area contributed by atoms with E-state index in [2.05, 4.69) is 4.98 Å². The maximum atomic E-state index is 13.2. The van der Waals surface area contributed by atoms with Crippen molar-refractivity contribution in [3.63, 3.8) is 0 Å². The summed E-state index contributed by atoms with van der Waals surface area (Å²) in [5.74, 6) is 1.04. The van der Waals surface area contributed by atoms with Crippen molar-refractivity contribution in [2.45, 2.75) is 19.8 Å². The van der Waals surface area contributed by atoms with Crippen molar-refractivity contribution in [3.05, 3.63) is 81.6 Å². The fourth-order valence-corrected chi connectivity index (χ4v) is 3.63. The van der Waals surface area contributed by atoms with Crippen LogP contribution in [0.5, 0.6) is 17.2 Å². The highest BCUT2D eigenvalue weighted by Gasteiger charge is 2.23. The zero-order valence-electron chi connectivity index (χ0n) is 17.4. The Labute approximate surface area is 191 Å². The minimum Gasteiger partial charge on any atom is -0.493 e. The molecule has 5 nitrogen and oxygen atoms in total. The second-order valence-corrected chi connectivity index (χ2v) is 7.49. The normalized spacial score (nSPS) is 10.6. The molecule has 0 fully saturated rings. The topological polar surface area (TPSA) is 57.7 Å². The number of Topliss-reactive ketones (excluding diaryl/α,β-unsaturated/α-hetero) is 1. The van der Waals surface area contributed by atoms with Gasteiger partial charge in [-0.1, -0.05) is 53.5 Å². The van der Waals surface area contributed by atoms with Gasteiger partial charge in [-0.3, -0.25) is 9.78 Å². The standard InChI is InChI=1S/C24H23Cl2NO4/c1-3-30-24-22(29-2)10-9-17(21(28)13-18-19(25)14-27-15-20(18)26)23(24)31-12-11-16-7-5-4-6-8-16/h4-10,14-15H,3,11-13H2,1-2H3. The first-order chi connectivity index (χ1) is 15.0. The van der Waals surface area contributed by atoms with Gasteiger partial charge >= 0.3 is 0 Å². The number of hydrogen-bond donors (Lipinski definition) is 0. The summed E-state index contributed by atoms with van der Waals surface area (Å²) in [4.78, 5) is 17.2. The molecule has 0 bridgehead atoms. The number of ether oxygens (including phenoxy) is 3. The molecule has 0 N–H and O–H groups in total. The van der Waals surface area contributed by atoms with Crippen molar-refractivity contribution in [3.8, 4) is 17.2 Å². The van der Waals surface area contributed by atoms with Gasteiger partial charge in [-0.25, -0.2) is 0 Å². The lowest BCUT2D eigenvalue weighted by molar-refractivity contribution is 0.0988. The van der Waals surface area contributed by atoms with E-state index in [1.54, 1.807) is 19.2 Å². The van der Waals surface area contributed by atoms with Gasteiger partial charge in [0.25, 0.3) is 0 Å². The number of nitrogens with zero attached hydrogens (tertiary/aromatic N) is 1. The Bertz CT molecular complexity index is 1020. The molecule has 162 valence electrons. The molecule has 0 aliphatic carbocycles. The number of methoxy groups -OCH3 is 1. The number of pyridine rings is 1. The van der Waals surface area contributed by atoms with Crippen molar-refractivity contribution in [1.82, 2.24) is 4.98 Å². The Morgan fingerprint density at radius 1 is 0.968 bits per heavy atom. The first-order valence-electron chi connectivity index (χ1n) is 9.86.